The van der Waals surface area contributed by atoms with Gasteiger partial charge in [0.1, 0.15) is 5.15 Å². The third kappa shape index (κ3) is 2.91. The number of aromatic nitrogens is 2. The lowest BCUT2D eigenvalue weighted by Crippen LogP contribution is -2.37. The molecule has 0 aliphatic carbocycles. The molecule has 1 aromatic carbocycles. The predicted octanol–water partition coefficient (Wildman–Crippen LogP) is 2.45. The Bertz CT molecular complexity index is 719. The number of hydrogen-bond donors (Lipinski definition) is 1. The van der Waals surface area contributed by atoms with E-state index < -0.39 is 5.69 Å². The molecule has 0 fully saturated rings. The van der Waals surface area contributed by atoms with E-state index in [-0.39, 0.29) is 17.3 Å². The first-order chi connectivity index (χ1) is 9.02. The lowest BCUT2D eigenvalue weighted by Gasteiger charge is -2.08. The Labute approximate surface area is 119 Å². The van der Waals surface area contributed by atoms with Gasteiger partial charge in [-0.15, -0.1) is 0 Å². The van der Waals surface area contributed by atoms with E-state index >= 15 is 0 Å². The van der Waals surface area contributed by atoms with Gasteiger partial charge in [0.15, 0.2) is 0 Å². The second kappa shape index (κ2) is 5.63. The number of nitrogens with one attached hydrogen (secondary N) is 1. The Hall–Kier alpha value is -1.52. The van der Waals surface area contributed by atoms with E-state index in [2.05, 4.69) is 4.98 Å². The Balaban J connectivity index is 2.52. The molecule has 6 heteroatoms. The van der Waals surface area contributed by atoms with Crippen LogP contribution in [0.4, 0.5) is 0 Å². The third-order valence-corrected chi connectivity index (χ3v) is 3.37. The lowest BCUT2D eigenvalue weighted by atomic mass is 10.2. The minimum absolute atomic E-state index is 0.111. The molecule has 0 saturated heterocycles. The van der Waals surface area contributed by atoms with Crippen molar-refractivity contribution >= 4 is 23.2 Å². The zero-order valence-electron chi connectivity index (χ0n) is 10.2. The smallest absolute Gasteiger partial charge is 0.297 e. The Morgan fingerprint density at radius 2 is 2.00 bits per heavy atom. The number of H-pyrrole nitrogens is 1. The monoisotopic (exact) mass is 298 g/mol. The van der Waals surface area contributed by atoms with E-state index in [0.29, 0.717) is 17.0 Å². The van der Waals surface area contributed by atoms with Crippen molar-refractivity contribution in [1.82, 2.24) is 9.55 Å². The highest BCUT2D eigenvalue weighted by atomic mass is 35.5. The summed E-state index contributed by atoms with van der Waals surface area (Å²) >= 11 is 11.7. The van der Waals surface area contributed by atoms with Gasteiger partial charge in [0.25, 0.3) is 5.56 Å². The standard InChI is InChI=1S/C13H12Cl2N2O2/c1-2-10-11(15)16-13(19)17(12(10)18)7-8-4-3-5-9(14)6-8/h3-6H,2,7H2,1H3,(H,16,19). The Morgan fingerprint density at radius 3 is 2.63 bits per heavy atom. The number of hydrogen-bond acceptors (Lipinski definition) is 2. The van der Waals surface area contributed by atoms with Crippen LogP contribution in [0.5, 0.6) is 0 Å². The summed E-state index contributed by atoms with van der Waals surface area (Å²) in [6.45, 7) is 1.98. The van der Waals surface area contributed by atoms with Crippen molar-refractivity contribution in [3.05, 3.63) is 66.4 Å². The van der Waals surface area contributed by atoms with Crippen molar-refractivity contribution < 1.29 is 0 Å². The molecule has 0 radical (unpaired) electrons. The molecular weight excluding hydrogens is 287 g/mol. The minimum Gasteiger partial charge on any atom is -0.297 e. The zero-order chi connectivity index (χ0) is 14.0. The summed E-state index contributed by atoms with van der Waals surface area (Å²) in [6, 6.07) is 7.02. The molecule has 1 aromatic heterocycles. The highest BCUT2D eigenvalue weighted by molar-refractivity contribution is 6.30. The first-order valence-corrected chi connectivity index (χ1v) is 6.54. The molecule has 2 rings (SSSR count). The summed E-state index contributed by atoms with van der Waals surface area (Å²) in [7, 11) is 0. The average Bonchev–Trinajstić information content (AvgIpc) is 2.35. The third-order valence-electron chi connectivity index (χ3n) is 2.81. The molecule has 0 unspecified atom stereocenters. The van der Waals surface area contributed by atoms with Crippen LogP contribution in [0.3, 0.4) is 0 Å². The van der Waals surface area contributed by atoms with Gasteiger partial charge in [-0.25, -0.2) is 4.79 Å². The molecule has 0 aliphatic heterocycles. The van der Waals surface area contributed by atoms with E-state index in [0.717, 1.165) is 10.1 Å². The van der Waals surface area contributed by atoms with E-state index in [1.54, 1.807) is 24.3 Å². The molecule has 0 amide bonds. The average molecular weight is 299 g/mol. The fourth-order valence-corrected chi connectivity index (χ4v) is 2.36. The summed E-state index contributed by atoms with van der Waals surface area (Å²) in [5.74, 6) is 0. The molecule has 2 aromatic rings. The van der Waals surface area contributed by atoms with Gasteiger partial charge in [0.2, 0.25) is 0 Å². The maximum absolute atomic E-state index is 12.2. The van der Waals surface area contributed by atoms with Gasteiger partial charge in [-0.2, -0.15) is 0 Å². The van der Waals surface area contributed by atoms with Crippen LogP contribution in [0.25, 0.3) is 0 Å². The molecule has 19 heavy (non-hydrogen) atoms. The maximum atomic E-state index is 12.2. The van der Waals surface area contributed by atoms with Crippen LogP contribution < -0.4 is 11.2 Å². The van der Waals surface area contributed by atoms with E-state index in [4.69, 9.17) is 23.2 Å². The van der Waals surface area contributed by atoms with E-state index in [1.807, 2.05) is 6.92 Å². The van der Waals surface area contributed by atoms with Crippen LogP contribution in [0.2, 0.25) is 10.2 Å². The molecule has 1 heterocycles. The molecular formula is C13H12Cl2N2O2. The lowest BCUT2D eigenvalue weighted by molar-refractivity contribution is 0.686. The number of rotatable bonds is 3. The van der Waals surface area contributed by atoms with Crippen molar-refractivity contribution in [2.75, 3.05) is 0 Å². The van der Waals surface area contributed by atoms with Gasteiger partial charge in [-0.3, -0.25) is 14.3 Å². The number of aromatic amines is 1. The van der Waals surface area contributed by atoms with Gasteiger partial charge < -0.3 is 0 Å². The minimum atomic E-state index is -0.521. The zero-order valence-corrected chi connectivity index (χ0v) is 11.8. The van der Waals surface area contributed by atoms with Gasteiger partial charge in [0, 0.05) is 5.02 Å². The van der Waals surface area contributed by atoms with Gasteiger partial charge in [-0.05, 0) is 24.1 Å². The number of halogens is 2. The first-order valence-electron chi connectivity index (χ1n) is 5.79. The van der Waals surface area contributed by atoms with E-state index in [9.17, 15) is 9.59 Å². The van der Waals surface area contributed by atoms with Crippen LogP contribution in [0, 0.1) is 0 Å². The maximum Gasteiger partial charge on any atom is 0.329 e. The fraction of sp³-hybridized carbons (Fsp3) is 0.231. The van der Waals surface area contributed by atoms with Crippen LogP contribution in [0.1, 0.15) is 18.1 Å². The van der Waals surface area contributed by atoms with Crippen molar-refractivity contribution in [2.24, 2.45) is 0 Å². The van der Waals surface area contributed by atoms with E-state index in [1.165, 1.54) is 0 Å². The highest BCUT2D eigenvalue weighted by Crippen LogP contribution is 2.11. The predicted molar refractivity (Wildman–Crippen MR) is 76.3 cm³/mol. The van der Waals surface area contributed by atoms with Crippen LogP contribution in [0.15, 0.2) is 33.9 Å². The summed E-state index contributed by atoms with van der Waals surface area (Å²) in [5, 5.41) is 0.673. The van der Waals surface area contributed by atoms with Crippen molar-refractivity contribution in [2.45, 2.75) is 19.9 Å². The summed E-state index contributed by atoms with van der Waals surface area (Å²) < 4.78 is 1.12. The quantitative estimate of drug-likeness (QED) is 0.885. The van der Waals surface area contributed by atoms with Crippen LogP contribution in [-0.2, 0) is 13.0 Å². The van der Waals surface area contributed by atoms with Crippen molar-refractivity contribution in [3.8, 4) is 0 Å². The molecule has 0 bridgehead atoms. The molecule has 1 N–H and O–H groups in total. The van der Waals surface area contributed by atoms with Crippen LogP contribution >= 0.6 is 23.2 Å². The Kier molecular flexibility index (Phi) is 4.12. The van der Waals surface area contributed by atoms with Gasteiger partial charge in [-0.1, -0.05) is 42.3 Å². The summed E-state index contributed by atoms with van der Waals surface area (Å²) in [6.07, 6.45) is 0.462. The normalized spacial score (nSPS) is 10.7. The van der Waals surface area contributed by atoms with Gasteiger partial charge in [0.05, 0.1) is 12.1 Å². The van der Waals surface area contributed by atoms with Gasteiger partial charge >= 0.3 is 5.69 Å². The van der Waals surface area contributed by atoms with Crippen LogP contribution in [-0.4, -0.2) is 9.55 Å². The number of benzene rings is 1. The second-order valence-corrected chi connectivity index (χ2v) is 4.91. The topological polar surface area (TPSA) is 54.9 Å². The van der Waals surface area contributed by atoms with Crippen molar-refractivity contribution in [3.63, 3.8) is 0 Å². The highest BCUT2D eigenvalue weighted by Gasteiger charge is 2.11. The SMILES string of the molecule is CCc1c(Cl)[nH]c(=O)n(Cc2cccc(Cl)c2)c1=O. The fourth-order valence-electron chi connectivity index (χ4n) is 1.85. The molecule has 4 nitrogen and oxygen atoms in total. The molecule has 0 aliphatic rings. The van der Waals surface area contributed by atoms with Crippen molar-refractivity contribution in [1.29, 1.82) is 0 Å². The first kappa shape index (κ1) is 13.9. The molecule has 100 valence electrons. The number of nitrogens with zero attached hydrogens (tertiary/aromatic N) is 1. The Morgan fingerprint density at radius 1 is 1.26 bits per heavy atom. The molecule has 0 saturated carbocycles. The largest absolute Gasteiger partial charge is 0.329 e. The molecule has 0 spiro atoms. The second-order valence-electron chi connectivity index (χ2n) is 4.10. The summed E-state index contributed by atoms with van der Waals surface area (Å²) in [5.41, 5.74) is 0.302. The summed E-state index contributed by atoms with van der Waals surface area (Å²) in [4.78, 5) is 26.4. The molecule has 0 atom stereocenters.